The number of ether oxygens (including phenoxy) is 1. The summed E-state index contributed by atoms with van der Waals surface area (Å²) in [5, 5.41) is 12.6. The van der Waals surface area contributed by atoms with Gasteiger partial charge in [0, 0.05) is 18.0 Å². The number of nitrogens with one attached hydrogen (secondary N) is 1. The zero-order valence-corrected chi connectivity index (χ0v) is 11.3. The van der Waals surface area contributed by atoms with Gasteiger partial charge < -0.3 is 15.2 Å². The van der Waals surface area contributed by atoms with Crippen molar-refractivity contribution in [3.63, 3.8) is 0 Å². The molecule has 2 N–H and O–H groups in total. The Labute approximate surface area is 112 Å². The summed E-state index contributed by atoms with van der Waals surface area (Å²) < 4.78 is 4.96. The van der Waals surface area contributed by atoms with Crippen molar-refractivity contribution >= 4 is 17.5 Å². The predicted octanol–water partition coefficient (Wildman–Crippen LogP) is 2.54. The van der Waals surface area contributed by atoms with Gasteiger partial charge in [0.05, 0.1) is 12.7 Å². The molecule has 18 heavy (non-hydrogen) atoms. The van der Waals surface area contributed by atoms with Gasteiger partial charge in [-0.25, -0.2) is 0 Å². The standard InChI is InChI=1S/C13H18ClNO3/c1-3-9(6-7-14)15-13(17)11-5-4-10(18-2)8-12(11)16/h4-5,8-9,16H,3,6-7H2,1-2H3,(H,15,17). The fourth-order valence-electron chi connectivity index (χ4n) is 1.60. The van der Waals surface area contributed by atoms with Crippen LogP contribution >= 0.6 is 11.6 Å². The van der Waals surface area contributed by atoms with E-state index in [1.165, 1.54) is 19.2 Å². The van der Waals surface area contributed by atoms with E-state index in [0.29, 0.717) is 18.1 Å². The molecule has 100 valence electrons. The maximum Gasteiger partial charge on any atom is 0.255 e. The van der Waals surface area contributed by atoms with Gasteiger partial charge in [-0.15, -0.1) is 11.6 Å². The van der Waals surface area contributed by atoms with Gasteiger partial charge in [0.2, 0.25) is 0 Å². The molecule has 1 aromatic rings. The van der Waals surface area contributed by atoms with Crippen molar-refractivity contribution in [2.45, 2.75) is 25.8 Å². The van der Waals surface area contributed by atoms with Gasteiger partial charge in [0.1, 0.15) is 11.5 Å². The molecule has 0 spiro atoms. The van der Waals surface area contributed by atoms with E-state index in [0.717, 1.165) is 6.42 Å². The second kappa shape index (κ2) is 7.11. The number of aromatic hydroxyl groups is 1. The molecule has 1 rings (SSSR count). The lowest BCUT2D eigenvalue weighted by molar-refractivity contribution is 0.0932. The molecule has 0 heterocycles. The second-order valence-corrected chi connectivity index (χ2v) is 4.32. The number of benzene rings is 1. The number of phenolic OH excluding ortho intramolecular Hbond substituents is 1. The summed E-state index contributed by atoms with van der Waals surface area (Å²) in [4.78, 5) is 12.0. The molecule has 0 aliphatic carbocycles. The van der Waals surface area contributed by atoms with Crippen LogP contribution in [0.15, 0.2) is 18.2 Å². The van der Waals surface area contributed by atoms with Crippen LogP contribution in [0.2, 0.25) is 0 Å². The zero-order chi connectivity index (χ0) is 13.5. The molecule has 0 saturated heterocycles. The first-order valence-corrected chi connectivity index (χ1v) is 6.39. The molecule has 0 aliphatic rings. The summed E-state index contributed by atoms with van der Waals surface area (Å²) in [5.74, 6) is 0.615. The molecule has 0 fully saturated rings. The van der Waals surface area contributed by atoms with Crippen molar-refractivity contribution in [2.24, 2.45) is 0 Å². The van der Waals surface area contributed by atoms with E-state index in [9.17, 15) is 9.90 Å². The van der Waals surface area contributed by atoms with Crippen LogP contribution in [0, 0.1) is 0 Å². The second-order valence-electron chi connectivity index (χ2n) is 3.94. The quantitative estimate of drug-likeness (QED) is 0.782. The largest absolute Gasteiger partial charge is 0.507 e. The number of hydrogen-bond acceptors (Lipinski definition) is 3. The number of hydrogen-bond donors (Lipinski definition) is 2. The highest BCUT2D eigenvalue weighted by molar-refractivity contribution is 6.17. The monoisotopic (exact) mass is 271 g/mol. The van der Waals surface area contributed by atoms with Crippen molar-refractivity contribution in [1.82, 2.24) is 5.32 Å². The maximum atomic E-state index is 12.0. The van der Waals surface area contributed by atoms with Gasteiger partial charge in [-0.05, 0) is 25.0 Å². The summed E-state index contributed by atoms with van der Waals surface area (Å²) in [7, 11) is 1.50. The van der Waals surface area contributed by atoms with Gasteiger partial charge in [-0.3, -0.25) is 4.79 Å². The summed E-state index contributed by atoms with van der Waals surface area (Å²) in [6.45, 7) is 1.98. The lowest BCUT2D eigenvalue weighted by Gasteiger charge is -2.16. The fraction of sp³-hybridized carbons (Fsp3) is 0.462. The fourth-order valence-corrected chi connectivity index (χ4v) is 1.87. The van der Waals surface area contributed by atoms with Crippen molar-refractivity contribution < 1.29 is 14.6 Å². The van der Waals surface area contributed by atoms with E-state index in [4.69, 9.17) is 16.3 Å². The predicted molar refractivity (Wildman–Crippen MR) is 71.5 cm³/mol. The Morgan fingerprint density at radius 2 is 2.28 bits per heavy atom. The molecule has 0 radical (unpaired) electrons. The Balaban J connectivity index is 2.77. The molecule has 0 saturated carbocycles. The highest BCUT2D eigenvalue weighted by Crippen LogP contribution is 2.23. The average molecular weight is 272 g/mol. The first kappa shape index (κ1) is 14.6. The van der Waals surface area contributed by atoms with E-state index in [1.54, 1.807) is 6.07 Å². The maximum absolute atomic E-state index is 12.0. The van der Waals surface area contributed by atoms with Crippen LogP contribution in [0.5, 0.6) is 11.5 Å². The molecule has 1 amide bonds. The lowest BCUT2D eigenvalue weighted by Crippen LogP contribution is -2.34. The number of amides is 1. The van der Waals surface area contributed by atoms with E-state index in [2.05, 4.69) is 5.32 Å². The normalized spacial score (nSPS) is 11.9. The average Bonchev–Trinajstić information content (AvgIpc) is 2.37. The van der Waals surface area contributed by atoms with Crippen molar-refractivity contribution in [3.05, 3.63) is 23.8 Å². The third-order valence-corrected chi connectivity index (χ3v) is 2.95. The molecule has 0 aromatic heterocycles. The molecule has 1 unspecified atom stereocenters. The van der Waals surface area contributed by atoms with Gasteiger partial charge in [-0.1, -0.05) is 6.92 Å². The highest BCUT2D eigenvalue weighted by Gasteiger charge is 2.15. The van der Waals surface area contributed by atoms with Crippen LogP contribution in [-0.2, 0) is 0 Å². The Hall–Kier alpha value is -1.42. The molecular weight excluding hydrogens is 254 g/mol. The minimum absolute atomic E-state index is 0.0245. The Morgan fingerprint density at radius 1 is 1.56 bits per heavy atom. The van der Waals surface area contributed by atoms with E-state index >= 15 is 0 Å². The first-order chi connectivity index (χ1) is 8.62. The number of rotatable bonds is 6. The van der Waals surface area contributed by atoms with Crippen LogP contribution in [0.1, 0.15) is 30.1 Å². The van der Waals surface area contributed by atoms with E-state index in [-0.39, 0.29) is 23.3 Å². The first-order valence-electron chi connectivity index (χ1n) is 5.86. The topological polar surface area (TPSA) is 58.6 Å². The molecule has 0 bridgehead atoms. The number of phenols is 1. The lowest BCUT2D eigenvalue weighted by atomic mass is 10.1. The van der Waals surface area contributed by atoms with Crippen molar-refractivity contribution in [2.75, 3.05) is 13.0 Å². The minimum Gasteiger partial charge on any atom is -0.507 e. The van der Waals surface area contributed by atoms with Crippen molar-refractivity contribution in [1.29, 1.82) is 0 Å². The SMILES string of the molecule is CCC(CCCl)NC(=O)c1ccc(OC)cc1O. The smallest absolute Gasteiger partial charge is 0.255 e. The van der Waals surface area contributed by atoms with Crippen LogP contribution in [0.3, 0.4) is 0 Å². The number of methoxy groups -OCH3 is 1. The molecule has 1 aromatic carbocycles. The third kappa shape index (κ3) is 3.81. The molecule has 1 atom stereocenters. The summed E-state index contributed by atoms with van der Waals surface area (Å²) in [5.41, 5.74) is 0.240. The Kier molecular flexibility index (Phi) is 5.78. The van der Waals surface area contributed by atoms with Crippen LogP contribution in [0.25, 0.3) is 0 Å². The summed E-state index contributed by atoms with van der Waals surface area (Å²) >= 11 is 5.66. The number of alkyl halides is 1. The molecular formula is C13H18ClNO3. The van der Waals surface area contributed by atoms with Gasteiger partial charge >= 0.3 is 0 Å². The number of halogens is 1. The number of carbonyl (C=O) groups is 1. The highest BCUT2D eigenvalue weighted by atomic mass is 35.5. The van der Waals surface area contributed by atoms with Gasteiger partial charge in [0.15, 0.2) is 0 Å². The molecule has 4 nitrogen and oxygen atoms in total. The molecule has 5 heteroatoms. The van der Waals surface area contributed by atoms with Crippen LogP contribution in [-0.4, -0.2) is 30.0 Å². The van der Waals surface area contributed by atoms with Crippen LogP contribution in [0.4, 0.5) is 0 Å². The van der Waals surface area contributed by atoms with Crippen LogP contribution < -0.4 is 10.1 Å². The van der Waals surface area contributed by atoms with Crippen molar-refractivity contribution in [3.8, 4) is 11.5 Å². The zero-order valence-electron chi connectivity index (χ0n) is 10.6. The van der Waals surface area contributed by atoms with Gasteiger partial charge in [-0.2, -0.15) is 0 Å². The van der Waals surface area contributed by atoms with E-state index < -0.39 is 0 Å². The minimum atomic E-state index is -0.299. The summed E-state index contributed by atoms with van der Waals surface area (Å²) in [6, 6.07) is 4.61. The summed E-state index contributed by atoms with van der Waals surface area (Å²) in [6.07, 6.45) is 1.51. The van der Waals surface area contributed by atoms with E-state index in [1.807, 2.05) is 6.92 Å². The van der Waals surface area contributed by atoms with Gasteiger partial charge in [0.25, 0.3) is 5.91 Å². The number of carbonyl (C=O) groups excluding carboxylic acids is 1. The Morgan fingerprint density at radius 3 is 2.78 bits per heavy atom. The third-order valence-electron chi connectivity index (χ3n) is 2.74. The molecule has 0 aliphatic heterocycles. The Bertz CT molecular complexity index is 409.